The van der Waals surface area contributed by atoms with Gasteiger partial charge in [-0.2, -0.15) is 0 Å². The highest BCUT2D eigenvalue weighted by Gasteiger charge is 2.22. The molecule has 2 rings (SSSR count). The first kappa shape index (κ1) is 22.4. The van der Waals surface area contributed by atoms with Crippen molar-refractivity contribution in [3.05, 3.63) is 70.7 Å². The summed E-state index contributed by atoms with van der Waals surface area (Å²) in [4.78, 5) is 37.2. The number of carbonyl (C=O) groups excluding carboxylic acids is 3. The van der Waals surface area contributed by atoms with E-state index in [1.54, 1.807) is 31.2 Å². The maximum Gasteiger partial charge on any atom is 0.253 e. The Hall–Kier alpha value is -2.86. The molecule has 0 radical (unpaired) electrons. The molecule has 0 heterocycles. The van der Waals surface area contributed by atoms with Crippen LogP contribution in [0.4, 0.5) is 0 Å². The molecule has 3 N–H and O–H groups in total. The number of hydrogen-bond donors (Lipinski definition) is 3. The second-order valence-corrected chi connectivity index (χ2v) is 7.11. The zero-order chi connectivity index (χ0) is 21.2. The summed E-state index contributed by atoms with van der Waals surface area (Å²) in [6.45, 7) is 4.14. The molecule has 2 aromatic rings. The van der Waals surface area contributed by atoms with Crippen LogP contribution in [0.1, 0.15) is 48.7 Å². The van der Waals surface area contributed by atoms with Gasteiger partial charge in [0.05, 0.1) is 23.0 Å². The molecule has 3 amide bonds. The van der Waals surface area contributed by atoms with Crippen LogP contribution in [0.3, 0.4) is 0 Å². The van der Waals surface area contributed by atoms with Gasteiger partial charge in [-0.25, -0.2) is 0 Å². The summed E-state index contributed by atoms with van der Waals surface area (Å²) >= 11 is 6.12. The molecule has 0 aliphatic heterocycles. The van der Waals surface area contributed by atoms with Gasteiger partial charge in [0.2, 0.25) is 11.8 Å². The van der Waals surface area contributed by atoms with Crippen LogP contribution in [-0.2, 0) is 9.59 Å². The highest BCUT2D eigenvalue weighted by Crippen LogP contribution is 2.20. The number of nitrogens with one attached hydrogen (secondary N) is 3. The lowest BCUT2D eigenvalue weighted by Crippen LogP contribution is -2.46. The highest BCUT2D eigenvalue weighted by molar-refractivity contribution is 6.33. The van der Waals surface area contributed by atoms with E-state index in [0.717, 1.165) is 12.0 Å². The lowest BCUT2D eigenvalue weighted by Gasteiger charge is -2.21. The Bertz CT molecular complexity index is 842. The minimum Gasteiger partial charge on any atom is -0.354 e. The zero-order valence-electron chi connectivity index (χ0n) is 16.6. The van der Waals surface area contributed by atoms with Crippen LogP contribution in [0.15, 0.2) is 54.6 Å². The molecule has 154 valence electrons. The number of amides is 3. The molecule has 2 aromatic carbocycles. The molecule has 2 atom stereocenters. The number of hydrogen-bond acceptors (Lipinski definition) is 3. The second-order valence-electron chi connectivity index (χ2n) is 6.70. The van der Waals surface area contributed by atoms with Crippen molar-refractivity contribution in [1.29, 1.82) is 0 Å². The van der Waals surface area contributed by atoms with Gasteiger partial charge in [-0.05, 0) is 31.0 Å². The van der Waals surface area contributed by atoms with Gasteiger partial charge in [-0.3, -0.25) is 14.4 Å². The standard InChI is InChI=1S/C22H26ClN3O3/c1-3-13-24-21(28)15(2)25-20(27)14-19(16-9-5-4-6-10-16)26-22(29)17-11-7-8-12-18(17)23/h4-12,15,19H,3,13-14H2,1-2H3,(H,24,28)(H,25,27)(H,26,29). The van der Waals surface area contributed by atoms with E-state index >= 15 is 0 Å². The summed E-state index contributed by atoms with van der Waals surface area (Å²) in [6.07, 6.45) is 0.808. The number of halogens is 1. The molecule has 0 fully saturated rings. The van der Waals surface area contributed by atoms with Crippen LogP contribution in [0.25, 0.3) is 0 Å². The van der Waals surface area contributed by atoms with Crippen molar-refractivity contribution >= 4 is 29.3 Å². The Morgan fingerprint density at radius 2 is 1.62 bits per heavy atom. The summed E-state index contributed by atoms with van der Waals surface area (Å²) in [5, 5.41) is 8.64. The third kappa shape index (κ3) is 6.91. The zero-order valence-corrected chi connectivity index (χ0v) is 17.3. The van der Waals surface area contributed by atoms with Crippen molar-refractivity contribution in [2.45, 2.75) is 38.8 Å². The average molecular weight is 416 g/mol. The van der Waals surface area contributed by atoms with Crippen LogP contribution >= 0.6 is 11.6 Å². The van der Waals surface area contributed by atoms with Crippen molar-refractivity contribution in [3.63, 3.8) is 0 Å². The van der Waals surface area contributed by atoms with Gasteiger partial charge >= 0.3 is 0 Å². The van der Waals surface area contributed by atoms with Crippen molar-refractivity contribution in [2.24, 2.45) is 0 Å². The molecule has 29 heavy (non-hydrogen) atoms. The second kappa shape index (κ2) is 11.2. The predicted molar refractivity (Wildman–Crippen MR) is 114 cm³/mol. The van der Waals surface area contributed by atoms with Crippen molar-refractivity contribution in [3.8, 4) is 0 Å². The lowest BCUT2D eigenvalue weighted by molar-refractivity contribution is -0.128. The largest absolute Gasteiger partial charge is 0.354 e. The van der Waals surface area contributed by atoms with Gasteiger partial charge in [-0.1, -0.05) is 61.0 Å². The SMILES string of the molecule is CCCNC(=O)C(C)NC(=O)CC(NC(=O)c1ccccc1Cl)c1ccccc1. The Morgan fingerprint density at radius 3 is 2.28 bits per heavy atom. The molecule has 2 unspecified atom stereocenters. The first-order valence-corrected chi connectivity index (χ1v) is 9.97. The normalized spacial score (nSPS) is 12.5. The number of rotatable bonds is 9. The highest BCUT2D eigenvalue weighted by atomic mass is 35.5. The summed E-state index contributed by atoms with van der Waals surface area (Å²) in [6, 6.07) is 14.7. The van der Waals surface area contributed by atoms with Crippen LogP contribution in [0, 0.1) is 0 Å². The van der Waals surface area contributed by atoms with E-state index in [4.69, 9.17) is 11.6 Å². The number of benzene rings is 2. The van der Waals surface area contributed by atoms with E-state index in [9.17, 15) is 14.4 Å². The van der Waals surface area contributed by atoms with Crippen molar-refractivity contribution < 1.29 is 14.4 Å². The Kier molecular flexibility index (Phi) is 8.68. The van der Waals surface area contributed by atoms with Gasteiger partial charge in [0, 0.05) is 6.54 Å². The van der Waals surface area contributed by atoms with Crippen molar-refractivity contribution in [1.82, 2.24) is 16.0 Å². The van der Waals surface area contributed by atoms with E-state index in [2.05, 4.69) is 16.0 Å². The fraction of sp³-hybridized carbons (Fsp3) is 0.318. The van der Waals surface area contributed by atoms with Crippen molar-refractivity contribution in [2.75, 3.05) is 6.54 Å². The molecule has 7 heteroatoms. The minimum absolute atomic E-state index is 0.00833. The first-order chi connectivity index (χ1) is 13.9. The molecular weight excluding hydrogens is 390 g/mol. The summed E-state index contributed by atoms with van der Waals surface area (Å²) in [5.74, 6) is -0.944. The Morgan fingerprint density at radius 1 is 0.966 bits per heavy atom. The molecule has 0 aliphatic carbocycles. The average Bonchev–Trinajstić information content (AvgIpc) is 2.72. The molecular formula is C22H26ClN3O3. The Labute approximate surface area is 176 Å². The van der Waals surface area contributed by atoms with Gasteiger partial charge in [0.15, 0.2) is 0 Å². The van der Waals surface area contributed by atoms with Gasteiger partial charge in [0.1, 0.15) is 6.04 Å². The predicted octanol–water partition coefficient (Wildman–Crippen LogP) is 3.23. The van der Waals surface area contributed by atoms with E-state index in [1.807, 2.05) is 37.3 Å². The van der Waals surface area contributed by atoms with E-state index < -0.39 is 12.1 Å². The van der Waals surface area contributed by atoms with Crippen LogP contribution in [0.2, 0.25) is 5.02 Å². The quantitative estimate of drug-likeness (QED) is 0.587. The van der Waals surface area contributed by atoms with Gasteiger partial charge < -0.3 is 16.0 Å². The maximum atomic E-state index is 12.7. The molecule has 0 aliphatic rings. The fourth-order valence-electron chi connectivity index (χ4n) is 2.77. The van der Waals surface area contributed by atoms with E-state index in [1.165, 1.54) is 0 Å². The van der Waals surface area contributed by atoms with E-state index in [-0.39, 0.29) is 24.1 Å². The molecule has 0 spiro atoms. The third-order valence-corrected chi connectivity index (χ3v) is 4.66. The Balaban J connectivity index is 2.09. The summed E-state index contributed by atoms with van der Waals surface area (Å²) < 4.78 is 0. The van der Waals surface area contributed by atoms with Crippen LogP contribution < -0.4 is 16.0 Å². The number of carbonyl (C=O) groups is 3. The van der Waals surface area contributed by atoms with Gasteiger partial charge in [0.25, 0.3) is 5.91 Å². The lowest BCUT2D eigenvalue weighted by atomic mass is 10.0. The topological polar surface area (TPSA) is 87.3 Å². The van der Waals surface area contributed by atoms with Crippen LogP contribution in [-0.4, -0.2) is 30.3 Å². The maximum absolute atomic E-state index is 12.7. The van der Waals surface area contributed by atoms with Crippen LogP contribution in [0.5, 0.6) is 0 Å². The molecule has 0 bridgehead atoms. The molecule has 0 aromatic heterocycles. The molecule has 6 nitrogen and oxygen atoms in total. The molecule has 0 saturated carbocycles. The smallest absolute Gasteiger partial charge is 0.253 e. The minimum atomic E-state index is -0.662. The van der Waals surface area contributed by atoms with E-state index in [0.29, 0.717) is 17.1 Å². The third-order valence-electron chi connectivity index (χ3n) is 4.34. The summed E-state index contributed by atoms with van der Waals surface area (Å²) in [7, 11) is 0. The molecule has 0 saturated heterocycles. The summed E-state index contributed by atoms with van der Waals surface area (Å²) in [5.41, 5.74) is 1.12. The first-order valence-electron chi connectivity index (χ1n) is 9.59. The van der Waals surface area contributed by atoms with Gasteiger partial charge in [-0.15, -0.1) is 0 Å². The monoisotopic (exact) mass is 415 g/mol. The fourth-order valence-corrected chi connectivity index (χ4v) is 2.99.